The van der Waals surface area contributed by atoms with Gasteiger partial charge in [-0.15, -0.1) is 6.58 Å². The van der Waals surface area contributed by atoms with Crippen molar-refractivity contribution in [2.45, 2.75) is 32.8 Å². The number of amides is 1. The first-order valence-electron chi connectivity index (χ1n) is 8.13. The highest BCUT2D eigenvalue weighted by Crippen LogP contribution is 2.28. The minimum Gasteiger partial charge on any atom is -0.495 e. The molecule has 0 aliphatic heterocycles. The van der Waals surface area contributed by atoms with Gasteiger partial charge in [0, 0.05) is 25.2 Å². The summed E-state index contributed by atoms with van der Waals surface area (Å²) in [6.45, 7) is 10.3. The van der Waals surface area contributed by atoms with Crippen LogP contribution in [0.25, 0.3) is 5.76 Å². The summed E-state index contributed by atoms with van der Waals surface area (Å²) in [7, 11) is 1.64. The minimum absolute atomic E-state index is 0.143. The van der Waals surface area contributed by atoms with Crippen LogP contribution in [-0.2, 0) is 15.9 Å². The molecule has 1 heterocycles. The molecule has 5 heteroatoms. The lowest BCUT2D eigenvalue weighted by molar-refractivity contribution is 0.0253. The summed E-state index contributed by atoms with van der Waals surface area (Å²) in [5.41, 5.74) is 1.49. The van der Waals surface area contributed by atoms with E-state index >= 15 is 0 Å². The van der Waals surface area contributed by atoms with E-state index in [9.17, 15) is 4.79 Å². The van der Waals surface area contributed by atoms with Gasteiger partial charge in [0.25, 0.3) is 0 Å². The Morgan fingerprint density at radius 3 is 2.88 bits per heavy atom. The molecule has 24 heavy (non-hydrogen) atoms. The van der Waals surface area contributed by atoms with E-state index in [0.717, 1.165) is 23.4 Å². The molecule has 1 unspecified atom stereocenters. The van der Waals surface area contributed by atoms with Gasteiger partial charge in [0.15, 0.2) is 0 Å². The molecule has 1 aliphatic carbocycles. The molecule has 0 fully saturated rings. The topological polar surface area (TPSA) is 51.7 Å². The lowest BCUT2D eigenvalue weighted by Crippen LogP contribution is -2.40. The van der Waals surface area contributed by atoms with Gasteiger partial charge in [-0.1, -0.05) is 12.1 Å². The maximum absolute atomic E-state index is 12.4. The second-order valence-electron chi connectivity index (χ2n) is 6.88. The van der Waals surface area contributed by atoms with Crippen LogP contribution in [0.5, 0.6) is 0 Å². The van der Waals surface area contributed by atoms with Crippen molar-refractivity contribution >= 4 is 11.9 Å². The Hall–Kier alpha value is -2.30. The van der Waals surface area contributed by atoms with Gasteiger partial charge in [-0.25, -0.2) is 4.79 Å². The highest BCUT2D eigenvalue weighted by atomic mass is 16.6. The third-order valence-electron chi connectivity index (χ3n) is 3.67. The van der Waals surface area contributed by atoms with E-state index in [-0.39, 0.29) is 12.0 Å². The normalized spacial score (nSPS) is 16.7. The van der Waals surface area contributed by atoms with Crippen LogP contribution in [0.4, 0.5) is 4.79 Å². The molecule has 130 valence electrons. The van der Waals surface area contributed by atoms with Crippen LogP contribution in [-0.4, -0.2) is 41.8 Å². The molecule has 1 aliphatic rings. The summed E-state index contributed by atoms with van der Waals surface area (Å²) in [5, 5.41) is 0. The smallest absolute Gasteiger partial charge is 0.410 e. The number of fused-ring (bicyclic) bond motifs is 1. The van der Waals surface area contributed by atoms with Gasteiger partial charge in [0.2, 0.25) is 0 Å². The van der Waals surface area contributed by atoms with Crippen molar-refractivity contribution in [3.63, 3.8) is 0 Å². The van der Waals surface area contributed by atoms with E-state index in [4.69, 9.17) is 9.47 Å². The molecule has 1 atom stereocenters. The van der Waals surface area contributed by atoms with E-state index in [1.54, 1.807) is 24.3 Å². The molecule has 1 aromatic heterocycles. The number of methoxy groups -OCH3 is 1. The van der Waals surface area contributed by atoms with E-state index < -0.39 is 5.60 Å². The van der Waals surface area contributed by atoms with Crippen molar-refractivity contribution in [2.24, 2.45) is 5.92 Å². The van der Waals surface area contributed by atoms with Crippen molar-refractivity contribution < 1.29 is 14.3 Å². The molecule has 0 aromatic carbocycles. The Labute approximate surface area is 144 Å². The Bertz CT molecular complexity index is 632. The van der Waals surface area contributed by atoms with Crippen molar-refractivity contribution in [3.05, 3.63) is 48.3 Å². The fourth-order valence-electron chi connectivity index (χ4n) is 2.73. The van der Waals surface area contributed by atoms with Gasteiger partial charge >= 0.3 is 6.09 Å². The third kappa shape index (κ3) is 4.60. The molecule has 1 amide bonds. The van der Waals surface area contributed by atoms with Crippen molar-refractivity contribution in [1.82, 2.24) is 9.88 Å². The molecule has 0 spiro atoms. The number of nitrogens with zero attached hydrogens (tertiary/aromatic N) is 2. The number of aromatic nitrogens is 1. The predicted octanol–water partition coefficient (Wildman–Crippen LogP) is 3.66. The van der Waals surface area contributed by atoms with E-state index in [1.807, 2.05) is 39.0 Å². The van der Waals surface area contributed by atoms with Gasteiger partial charge < -0.3 is 14.4 Å². The number of hydrogen-bond donors (Lipinski definition) is 0. The fraction of sp³-hybridized carbons (Fsp3) is 0.474. The molecule has 0 saturated heterocycles. The molecule has 2 rings (SSSR count). The zero-order valence-corrected chi connectivity index (χ0v) is 14.9. The summed E-state index contributed by atoms with van der Waals surface area (Å²) in [6.07, 6.45) is 5.99. The first-order chi connectivity index (χ1) is 11.3. The van der Waals surface area contributed by atoms with Crippen LogP contribution in [0.1, 0.15) is 32.0 Å². The monoisotopic (exact) mass is 330 g/mol. The van der Waals surface area contributed by atoms with Crippen molar-refractivity contribution in [2.75, 3.05) is 20.2 Å². The first kappa shape index (κ1) is 18.0. The van der Waals surface area contributed by atoms with Crippen LogP contribution in [0, 0.1) is 5.92 Å². The minimum atomic E-state index is -0.521. The number of rotatable bonds is 5. The largest absolute Gasteiger partial charge is 0.495 e. The molecular weight excluding hydrogens is 304 g/mol. The fourth-order valence-corrected chi connectivity index (χ4v) is 2.73. The summed E-state index contributed by atoms with van der Waals surface area (Å²) >= 11 is 0. The van der Waals surface area contributed by atoms with Gasteiger partial charge in [-0.05, 0) is 44.9 Å². The van der Waals surface area contributed by atoms with Crippen molar-refractivity contribution in [1.29, 1.82) is 0 Å². The third-order valence-corrected chi connectivity index (χ3v) is 3.67. The zero-order valence-electron chi connectivity index (χ0n) is 14.9. The number of carbonyl (C=O) groups excluding carboxylic acids is 1. The average Bonchev–Trinajstić information content (AvgIpc) is 2.52. The number of ether oxygens (including phenoxy) is 2. The lowest BCUT2D eigenvalue weighted by atomic mass is 9.91. The Balaban J connectivity index is 2.15. The van der Waals surface area contributed by atoms with Crippen LogP contribution < -0.4 is 0 Å². The molecule has 5 nitrogen and oxygen atoms in total. The molecular formula is C19H26N2O3. The van der Waals surface area contributed by atoms with Crippen molar-refractivity contribution in [3.8, 4) is 0 Å². The average molecular weight is 330 g/mol. The standard InChI is InChI=1S/C19H26N2O3/c1-6-10-21(18(22)24-19(2,3)4)13-14-11-15-8-7-9-20-17(15)16(12-14)23-5/h6-9,12,14H,1,10-11,13H2,2-5H3. The Morgan fingerprint density at radius 2 is 2.25 bits per heavy atom. The number of pyridine rings is 1. The molecule has 0 saturated carbocycles. The zero-order chi connectivity index (χ0) is 17.7. The Kier molecular flexibility index (Phi) is 5.65. The second kappa shape index (κ2) is 7.51. The molecule has 0 N–H and O–H groups in total. The van der Waals surface area contributed by atoms with Crippen LogP contribution >= 0.6 is 0 Å². The van der Waals surface area contributed by atoms with E-state index in [2.05, 4.69) is 11.6 Å². The summed E-state index contributed by atoms with van der Waals surface area (Å²) in [5.74, 6) is 0.897. The van der Waals surface area contributed by atoms with Crippen LogP contribution in [0.2, 0.25) is 0 Å². The molecule has 0 bridgehead atoms. The van der Waals surface area contributed by atoms with E-state index in [0.29, 0.717) is 13.1 Å². The molecule has 0 radical (unpaired) electrons. The van der Waals surface area contributed by atoms with Gasteiger partial charge in [0.1, 0.15) is 17.1 Å². The maximum Gasteiger partial charge on any atom is 0.410 e. The SMILES string of the molecule is C=CCN(CC1C=C(OC)c2ncccc2C1)C(=O)OC(C)(C)C. The van der Waals surface area contributed by atoms with Crippen LogP contribution in [0.15, 0.2) is 37.1 Å². The van der Waals surface area contributed by atoms with Crippen LogP contribution in [0.3, 0.4) is 0 Å². The van der Waals surface area contributed by atoms with E-state index in [1.165, 1.54) is 0 Å². The van der Waals surface area contributed by atoms with Gasteiger partial charge in [-0.2, -0.15) is 0 Å². The lowest BCUT2D eigenvalue weighted by Gasteiger charge is -2.30. The quantitative estimate of drug-likeness (QED) is 0.773. The maximum atomic E-state index is 12.4. The van der Waals surface area contributed by atoms with Gasteiger partial charge in [-0.3, -0.25) is 4.98 Å². The molecule has 1 aromatic rings. The highest BCUT2D eigenvalue weighted by molar-refractivity contribution is 5.69. The second-order valence-corrected chi connectivity index (χ2v) is 6.88. The number of carbonyl (C=O) groups is 1. The Morgan fingerprint density at radius 1 is 1.50 bits per heavy atom. The predicted molar refractivity (Wildman–Crippen MR) is 94.4 cm³/mol. The number of hydrogen-bond acceptors (Lipinski definition) is 4. The highest BCUT2D eigenvalue weighted by Gasteiger charge is 2.27. The summed E-state index contributed by atoms with van der Waals surface area (Å²) in [6, 6.07) is 3.97. The van der Waals surface area contributed by atoms with Gasteiger partial charge in [0.05, 0.1) is 7.11 Å². The summed E-state index contributed by atoms with van der Waals surface area (Å²) in [4.78, 5) is 18.5. The summed E-state index contributed by atoms with van der Waals surface area (Å²) < 4.78 is 11.0. The first-order valence-corrected chi connectivity index (χ1v) is 8.13.